The van der Waals surface area contributed by atoms with Gasteiger partial charge in [0.15, 0.2) is 0 Å². The minimum atomic E-state index is -0.320. The molecule has 4 rings (SSSR count). The first kappa shape index (κ1) is 20.2. The molecule has 1 aromatic carbocycles. The normalized spacial score (nSPS) is 19.1. The number of likely N-dealkylation sites (N-methyl/N-ethyl adjacent to an activating group) is 1. The molecule has 2 amide bonds. The molecular formula is C23H27N3O4. The molecular weight excluding hydrogens is 382 g/mol. The fraction of sp³-hybridized carbons (Fsp3) is 0.435. The number of ether oxygens (including phenoxy) is 1. The zero-order chi connectivity index (χ0) is 21.1. The van der Waals surface area contributed by atoms with Crippen LogP contribution in [0.3, 0.4) is 0 Å². The second-order valence-corrected chi connectivity index (χ2v) is 7.92. The second kappa shape index (κ2) is 8.73. The van der Waals surface area contributed by atoms with Crippen LogP contribution in [0.15, 0.2) is 52.2 Å². The Labute approximate surface area is 176 Å². The van der Waals surface area contributed by atoms with Crippen molar-refractivity contribution in [2.45, 2.75) is 38.1 Å². The van der Waals surface area contributed by atoms with E-state index in [0.717, 1.165) is 42.7 Å². The Balaban J connectivity index is 1.53. The lowest BCUT2D eigenvalue weighted by molar-refractivity contribution is -0.142. The van der Waals surface area contributed by atoms with Gasteiger partial charge in [0.2, 0.25) is 5.91 Å². The van der Waals surface area contributed by atoms with E-state index in [9.17, 15) is 9.59 Å². The number of rotatable bonds is 6. The summed E-state index contributed by atoms with van der Waals surface area (Å²) in [5, 5.41) is 6.09. The molecule has 1 fully saturated rings. The van der Waals surface area contributed by atoms with Crippen molar-refractivity contribution in [2.75, 3.05) is 20.7 Å². The maximum absolute atomic E-state index is 13.1. The van der Waals surface area contributed by atoms with Crippen molar-refractivity contribution in [2.24, 2.45) is 11.0 Å². The predicted octanol–water partition coefficient (Wildman–Crippen LogP) is 3.61. The number of hydrogen-bond acceptors (Lipinski definition) is 5. The minimum Gasteiger partial charge on any atom is -0.497 e. The Morgan fingerprint density at radius 3 is 2.57 bits per heavy atom. The average molecular weight is 409 g/mol. The van der Waals surface area contributed by atoms with Crippen LogP contribution in [0.25, 0.3) is 0 Å². The van der Waals surface area contributed by atoms with Crippen molar-refractivity contribution in [3.8, 4) is 5.75 Å². The van der Waals surface area contributed by atoms with Gasteiger partial charge in [0, 0.05) is 19.4 Å². The van der Waals surface area contributed by atoms with Crippen LogP contribution in [0.4, 0.5) is 0 Å². The Morgan fingerprint density at radius 1 is 1.20 bits per heavy atom. The van der Waals surface area contributed by atoms with Crippen LogP contribution in [-0.2, 0) is 9.59 Å². The summed E-state index contributed by atoms with van der Waals surface area (Å²) in [7, 11) is 3.32. The van der Waals surface area contributed by atoms with Crippen molar-refractivity contribution in [3.63, 3.8) is 0 Å². The molecule has 158 valence electrons. The zero-order valence-electron chi connectivity index (χ0n) is 17.4. The number of carbonyl (C=O) groups is 2. The summed E-state index contributed by atoms with van der Waals surface area (Å²) < 4.78 is 10.8. The largest absolute Gasteiger partial charge is 0.497 e. The molecule has 0 N–H and O–H groups in total. The first-order valence-electron chi connectivity index (χ1n) is 10.4. The zero-order valence-corrected chi connectivity index (χ0v) is 17.4. The van der Waals surface area contributed by atoms with Gasteiger partial charge >= 0.3 is 0 Å². The summed E-state index contributed by atoms with van der Waals surface area (Å²) in [4.78, 5) is 27.3. The first-order chi connectivity index (χ1) is 14.6. The molecule has 2 aromatic rings. The molecule has 2 aliphatic rings. The van der Waals surface area contributed by atoms with E-state index in [2.05, 4.69) is 5.10 Å². The molecule has 0 bridgehead atoms. The maximum atomic E-state index is 13.1. The Morgan fingerprint density at radius 2 is 1.93 bits per heavy atom. The molecule has 2 heterocycles. The molecule has 1 unspecified atom stereocenters. The Hall–Kier alpha value is -3.09. The third-order valence-electron chi connectivity index (χ3n) is 5.91. The molecule has 30 heavy (non-hydrogen) atoms. The Bertz CT molecular complexity index is 914. The van der Waals surface area contributed by atoms with E-state index in [1.807, 2.05) is 30.3 Å². The number of methoxy groups -OCH3 is 1. The molecule has 7 nitrogen and oxygen atoms in total. The van der Waals surface area contributed by atoms with Crippen molar-refractivity contribution >= 4 is 17.5 Å². The monoisotopic (exact) mass is 409 g/mol. The molecule has 0 radical (unpaired) electrons. The van der Waals surface area contributed by atoms with Gasteiger partial charge in [0.25, 0.3) is 5.91 Å². The number of hydrogen-bond donors (Lipinski definition) is 0. The van der Waals surface area contributed by atoms with Gasteiger partial charge in [-0.05, 0) is 54.8 Å². The molecule has 1 atom stereocenters. The molecule has 0 spiro atoms. The van der Waals surface area contributed by atoms with E-state index in [1.165, 1.54) is 5.01 Å². The van der Waals surface area contributed by atoms with Crippen LogP contribution >= 0.6 is 0 Å². The molecule has 7 heteroatoms. The quantitative estimate of drug-likeness (QED) is 0.730. The standard InChI is InChI=1S/C23H27N3O4/c1-25(23(28)17-6-3-4-7-17)15-22(27)26-20(21-8-5-13-30-21)14-19(24-26)16-9-11-18(29-2)12-10-16/h5,8-13,17,20H,3-4,6-7,14-15H2,1-2H3. The van der Waals surface area contributed by atoms with Gasteiger partial charge in [-0.3, -0.25) is 9.59 Å². The van der Waals surface area contributed by atoms with E-state index in [-0.39, 0.29) is 30.3 Å². The topological polar surface area (TPSA) is 75.3 Å². The summed E-state index contributed by atoms with van der Waals surface area (Å²) in [6.07, 6.45) is 6.14. The molecule has 1 saturated carbocycles. The van der Waals surface area contributed by atoms with Gasteiger partial charge in [-0.15, -0.1) is 0 Å². The third kappa shape index (κ3) is 4.10. The van der Waals surface area contributed by atoms with E-state index >= 15 is 0 Å². The number of furan rings is 1. The Kier molecular flexibility index (Phi) is 5.88. The number of benzene rings is 1. The molecule has 1 aromatic heterocycles. The van der Waals surface area contributed by atoms with Crippen LogP contribution in [-0.4, -0.2) is 48.1 Å². The fourth-order valence-corrected chi connectivity index (χ4v) is 4.24. The van der Waals surface area contributed by atoms with Gasteiger partial charge in [-0.1, -0.05) is 12.8 Å². The highest BCUT2D eigenvalue weighted by Gasteiger charge is 2.36. The highest BCUT2D eigenvalue weighted by Crippen LogP contribution is 2.33. The minimum absolute atomic E-state index is 0.00589. The van der Waals surface area contributed by atoms with Gasteiger partial charge in [-0.25, -0.2) is 5.01 Å². The number of hydrazone groups is 1. The van der Waals surface area contributed by atoms with Crippen LogP contribution in [0.1, 0.15) is 49.5 Å². The van der Waals surface area contributed by atoms with Crippen LogP contribution in [0.2, 0.25) is 0 Å². The summed E-state index contributed by atoms with van der Waals surface area (Å²) in [6, 6.07) is 10.9. The van der Waals surface area contributed by atoms with E-state index in [1.54, 1.807) is 31.4 Å². The van der Waals surface area contributed by atoms with Gasteiger partial charge < -0.3 is 14.1 Å². The summed E-state index contributed by atoms with van der Waals surface area (Å²) >= 11 is 0. The number of amides is 2. The molecule has 1 aliphatic carbocycles. The van der Waals surface area contributed by atoms with Gasteiger partial charge in [-0.2, -0.15) is 5.10 Å². The van der Waals surface area contributed by atoms with E-state index < -0.39 is 0 Å². The smallest absolute Gasteiger partial charge is 0.262 e. The van der Waals surface area contributed by atoms with Gasteiger partial charge in [0.1, 0.15) is 24.1 Å². The highest BCUT2D eigenvalue weighted by molar-refractivity contribution is 6.03. The first-order valence-corrected chi connectivity index (χ1v) is 10.4. The van der Waals surface area contributed by atoms with Crippen LogP contribution < -0.4 is 4.74 Å². The third-order valence-corrected chi connectivity index (χ3v) is 5.91. The summed E-state index contributed by atoms with van der Waals surface area (Å²) in [5.41, 5.74) is 1.73. The number of nitrogens with zero attached hydrogens (tertiary/aromatic N) is 3. The fourth-order valence-electron chi connectivity index (χ4n) is 4.24. The average Bonchev–Trinajstić information content (AvgIpc) is 3.54. The lowest BCUT2D eigenvalue weighted by Gasteiger charge is -2.25. The maximum Gasteiger partial charge on any atom is 0.262 e. The predicted molar refractivity (Wildman–Crippen MR) is 112 cm³/mol. The highest BCUT2D eigenvalue weighted by atomic mass is 16.5. The summed E-state index contributed by atoms with van der Waals surface area (Å²) in [5.74, 6) is 1.32. The molecule has 0 saturated heterocycles. The van der Waals surface area contributed by atoms with Crippen LogP contribution in [0.5, 0.6) is 5.75 Å². The molecule has 1 aliphatic heterocycles. The van der Waals surface area contributed by atoms with Crippen LogP contribution in [0, 0.1) is 5.92 Å². The summed E-state index contributed by atoms with van der Waals surface area (Å²) in [6.45, 7) is 0.00589. The second-order valence-electron chi connectivity index (χ2n) is 7.92. The number of carbonyl (C=O) groups excluding carboxylic acids is 2. The van der Waals surface area contributed by atoms with Crippen molar-refractivity contribution in [1.82, 2.24) is 9.91 Å². The van der Waals surface area contributed by atoms with E-state index in [4.69, 9.17) is 9.15 Å². The lowest BCUT2D eigenvalue weighted by atomic mass is 10.0. The SMILES string of the molecule is COc1ccc(C2=NN(C(=O)CN(C)C(=O)C3CCCC3)C(c3ccco3)C2)cc1. The van der Waals surface area contributed by atoms with E-state index in [0.29, 0.717) is 12.2 Å². The lowest BCUT2D eigenvalue weighted by Crippen LogP contribution is -2.41. The van der Waals surface area contributed by atoms with Gasteiger partial charge in [0.05, 0.1) is 19.1 Å². The van der Waals surface area contributed by atoms with Crippen molar-refractivity contribution < 1.29 is 18.7 Å². The van der Waals surface area contributed by atoms with Crippen molar-refractivity contribution in [3.05, 3.63) is 54.0 Å². The van der Waals surface area contributed by atoms with Crippen molar-refractivity contribution in [1.29, 1.82) is 0 Å².